The summed E-state index contributed by atoms with van der Waals surface area (Å²) in [4.78, 5) is 4.38. The highest BCUT2D eigenvalue weighted by Crippen LogP contribution is 2.05. The van der Waals surface area contributed by atoms with Crippen LogP contribution >= 0.6 is 0 Å². The quantitative estimate of drug-likeness (QED) is 0.571. The Hall–Kier alpha value is -1.07. The average Bonchev–Trinajstić information content (AvgIpc) is 2.24. The van der Waals surface area contributed by atoms with Gasteiger partial charge in [-0.2, -0.15) is 0 Å². The standard InChI is InChI=1S/C14H21NSi/c1-5-6-7-13-8-9-14(15-12-13)10-11-16(2,3)4/h8-9,12H,5-7H2,1-4H3. The lowest BCUT2D eigenvalue weighted by atomic mass is 10.1. The first kappa shape index (κ1) is 13.0. The van der Waals surface area contributed by atoms with E-state index in [-0.39, 0.29) is 0 Å². The van der Waals surface area contributed by atoms with E-state index in [9.17, 15) is 0 Å². The third kappa shape index (κ3) is 5.13. The Morgan fingerprint density at radius 1 is 1.25 bits per heavy atom. The van der Waals surface area contributed by atoms with Gasteiger partial charge in [0.1, 0.15) is 13.8 Å². The number of unbranched alkanes of at least 4 members (excludes halogenated alkanes) is 1. The molecule has 0 spiro atoms. The summed E-state index contributed by atoms with van der Waals surface area (Å²) in [5.41, 5.74) is 5.55. The minimum atomic E-state index is -1.28. The average molecular weight is 231 g/mol. The van der Waals surface area contributed by atoms with E-state index < -0.39 is 8.07 Å². The van der Waals surface area contributed by atoms with E-state index in [0.717, 1.165) is 12.1 Å². The Balaban J connectivity index is 2.67. The summed E-state index contributed by atoms with van der Waals surface area (Å²) in [5.74, 6) is 3.17. The summed E-state index contributed by atoms with van der Waals surface area (Å²) in [6.45, 7) is 8.95. The molecular formula is C14H21NSi. The number of aromatic nitrogens is 1. The van der Waals surface area contributed by atoms with Crippen molar-refractivity contribution in [1.29, 1.82) is 0 Å². The summed E-state index contributed by atoms with van der Waals surface area (Å²) in [6.07, 6.45) is 5.56. The first-order chi connectivity index (χ1) is 7.51. The van der Waals surface area contributed by atoms with Gasteiger partial charge in [0, 0.05) is 6.20 Å². The molecule has 0 radical (unpaired) electrons. The van der Waals surface area contributed by atoms with E-state index in [0.29, 0.717) is 0 Å². The summed E-state index contributed by atoms with van der Waals surface area (Å²) in [7, 11) is -1.28. The lowest BCUT2D eigenvalue weighted by Gasteiger charge is -2.03. The fraction of sp³-hybridized carbons (Fsp3) is 0.500. The number of pyridine rings is 1. The molecule has 0 unspecified atom stereocenters. The van der Waals surface area contributed by atoms with Crippen LogP contribution in [0.25, 0.3) is 0 Å². The number of nitrogens with zero attached hydrogens (tertiary/aromatic N) is 1. The Labute approximate surface area is 100 Å². The first-order valence-electron chi connectivity index (χ1n) is 5.99. The van der Waals surface area contributed by atoms with Crippen LogP contribution in [0.4, 0.5) is 0 Å². The lowest BCUT2D eigenvalue weighted by Crippen LogP contribution is -2.16. The maximum absolute atomic E-state index is 4.38. The zero-order chi connectivity index (χ0) is 12.0. The molecule has 0 aliphatic carbocycles. The van der Waals surface area contributed by atoms with Gasteiger partial charge in [-0.25, -0.2) is 4.98 Å². The molecule has 2 heteroatoms. The number of hydrogen-bond donors (Lipinski definition) is 0. The van der Waals surface area contributed by atoms with E-state index >= 15 is 0 Å². The summed E-state index contributed by atoms with van der Waals surface area (Å²) in [5, 5.41) is 0. The maximum Gasteiger partial charge on any atom is 0.129 e. The second-order valence-corrected chi connectivity index (χ2v) is 9.91. The van der Waals surface area contributed by atoms with Crippen molar-refractivity contribution in [2.45, 2.75) is 45.8 Å². The van der Waals surface area contributed by atoms with Crippen molar-refractivity contribution in [2.75, 3.05) is 0 Å². The molecule has 16 heavy (non-hydrogen) atoms. The normalized spacial score (nSPS) is 10.8. The van der Waals surface area contributed by atoms with Gasteiger partial charge in [-0.3, -0.25) is 0 Å². The molecule has 0 aliphatic rings. The van der Waals surface area contributed by atoms with Gasteiger partial charge in [-0.15, -0.1) is 5.54 Å². The first-order valence-corrected chi connectivity index (χ1v) is 9.49. The van der Waals surface area contributed by atoms with Gasteiger partial charge in [-0.05, 0) is 24.5 Å². The van der Waals surface area contributed by atoms with Crippen LogP contribution in [-0.4, -0.2) is 13.1 Å². The largest absolute Gasteiger partial charge is 0.248 e. The van der Waals surface area contributed by atoms with Crippen LogP contribution in [0.5, 0.6) is 0 Å². The second-order valence-electron chi connectivity index (χ2n) is 5.16. The molecule has 0 fully saturated rings. The van der Waals surface area contributed by atoms with E-state index in [1.54, 1.807) is 0 Å². The van der Waals surface area contributed by atoms with Gasteiger partial charge < -0.3 is 0 Å². The summed E-state index contributed by atoms with van der Waals surface area (Å²) in [6, 6.07) is 4.19. The Morgan fingerprint density at radius 2 is 2.00 bits per heavy atom. The van der Waals surface area contributed by atoms with Crippen LogP contribution < -0.4 is 0 Å². The fourth-order valence-corrected chi connectivity index (χ4v) is 1.78. The van der Waals surface area contributed by atoms with Crippen molar-refractivity contribution >= 4 is 8.07 Å². The van der Waals surface area contributed by atoms with E-state index in [2.05, 4.69) is 49.1 Å². The highest BCUT2D eigenvalue weighted by atomic mass is 28.3. The summed E-state index contributed by atoms with van der Waals surface area (Å²) >= 11 is 0. The number of hydrogen-bond acceptors (Lipinski definition) is 1. The molecule has 0 saturated heterocycles. The van der Waals surface area contributed by atoms with E-state index in [1.165, 1.54) is 18.4 Å². The van der Waals surface area contributed by atoms with Crippen molar-refractivity contribution in [2.24, 2.45) is 0 Å². The monoisotopic (exact) mass is 231 g/mol. The molecule has 0 saturated carbocycles. The molecule has 1 rings (SSSR count). The molecule has 86 valence electrons. The predicted molar refractivity (Wildman–Crippen MR) is 73.1 cm³/mol. The van der Waals surface area contributed by atoms with Crippen molar-refractivity contribution in [3.63, 3.8) is 0 Å². The third-order valence-corrected chi connectivity index (χ3v) is 3.08. The minimum absolute atomic E-state index is 0.905. The van der Waals surface area contributed by atoms with Crippen LogP contribution in [0.15, 0.2) is 18.3 Å². The zero-order valence-electron chi connectivity index (χ0n) is 10.8. The Kier molecular flexibility index (Phi) is 4.76. The molecule has 0 aliphatic heterocycles. The van der Waals surface area contributed by atoms with Gasteiger partial charge in [0.25, 0.3) is 0 Å². The molecule has 0 bridgehead atoms. The molecule has 1 aromatic rings. The molecule has 0 amide bonds. The van der Waals surface area contributed by atoms with Crippen LogP contribution in [0, 0.1) is 11.5 Å². The molecule has 0 atom stereocenters. The fourth-order valence-electron chi connectivity index (χ4n) is 1.28. The smallest absolute Gasteiger partial charge is 0.129 e. The topological polar surface area (TPSA) is 12.9 Å². The second kappa shape index (κ2) is 5.86. The Bertz CT molecular complexity index is 376. The van der Waals surface area contributed by atoms with Crippen molar-refractivity contribution in [1.82, 2.24) is 4.98 Å². The SMILES string of the molecule is CCCCc1ccc(C#C[Si](C)(C)C)nc1. The van der Waals surface area contributed by atoms with Gasteiger partial charge in [0.2, 0.25) is 0 Å². The van der Waals surface area contributed by atoms with Crippen LogP contribution in [0.1, 0.15) is 31.0 Å². The molecule has 0 N–H and O–H groups in total. The molecule has 1 heterocycles. The highest BCUT2D eigenvalue weighted by molar-refractivity contribution is 6.83. The zero-order valence-corrected chi connectivity index (χ0v) is 11.8. The molecule has 1 aromatic heterocycles. The third-order valence-electron chi connectivity index (χ3n) is 2.21. The van der Waals surface area contributed by atoms with Gasteiger partial charge >= 0.3 is 0 Å². The van der Waals surface area contributed by atoms with Crippen LogP contribution in [0.2, 0.25) is 19.6 Å². The number of rotatable bonds is 3. The van der Waals surface area contributed by atoms with Crippen LogP contribution in [0.3, 0.4) is 0 Å². The van der Waals surface area contributed by atoms with E-state index in [4.69, 9.17) is 0 Å². The molecule has 1 nitrogen and oxygen atoms in total. The van der Waals surface area contributed by atoms with Crippen molar-refractivity contribution < 1.29 is 0 Å². The number of aryl methyl sites for hydroxylation is 1. The summed E-state index contributed by atoms with van der Waals surface area (Å²) < 4.78 is 0. The van der Waals surface area contributed by atoms with Crippen LogP contribution in [-0.2, 0) is 6.42 Å². The van der Waals surface area contributed by atoms with Crippen molar-refractivity contribution in [3.05, 3.63) is 29.6 Å². The van der Waals surface area contributed by atoms with Gasteiger partial charge in [-0.1, -0.05) is 45.0 Å². The van der Waals surface area contributed by atoms with Crippen molar-refractivity contribution in [3.8, 4) is 11.5 Å². The molecular weight excluding hydrogens is 210 g/mol. The maximum atomic E-state index is 4.38. The Morgan fingerprint density at radius 3 is 2.50 bits per heavy atom. The predicted octanol–water partition coefficient (Wildman–Crippen LogP) is 3.65. The lowest BCUT2D eigenvalue weighted by molar-refractivity contribution is 0.792. The van der Waals surface area contributed by atoms with E-state index in [1.807, 2.05) is 12.3 Å². The molecule has 0 aromatic carbocycles. The van der Waals surface area contributed by atoms with Gasteiger partial charge in [0.15, 0.2) is 0 Å². The van der Waals surface area contributed by atoms with Gasteiger partial charge in [0.05, 0.1) is 0 Å². The minimum Gasteiger partial charge on any atom is -0.248 e. The highest BCUT2D eigenvalue weighted by Gasteiger charge is 2.07.